The summed E-state index contributed by atoms with van der Waals surface area (Å²) >= 11 is 23.4. The van der Waals surface area contributed by atoms with Crippen molar-refractivity contribution in [3.63, 3.8) is 0 Å². The van der Waals surface area contributed by atoms with Gasteiger partial charge in [-0.05, 0) is 0 Å². The zero-order valence-electron chi connectivity index (χ0n) is 7.74. The summed E-state index contributed by atoms with van der Waals surface area (Å²) in [5.74, 6) is -0.472. The first-order valence-corrected chi connectivity index (χ1v) is 5.88. The van der Waals surface area contributed by atoms with Crippen LogP contribution in [0, 0.1) is 0 Å². The summed E-state index contributed by atoms with van der Waals surface area (Å²) in [5, 5.41) is 0.0264. The third-order valence-electron chi connectivity index (χ3n) is 2.40. The molecule has 2 rings (SSSR count). The Kier molecular flexibility index (Phi) is 3.19. The van der Waals surface area contributed by atoms with E-state index < -0.39 is 0 Å². The molecule has 1 aliphatic carbocycles. The lowest BCUT2D eigenvalue weighted by Gasteiger charge is -2.18. The highest BCUT2D eigenvalue weighted by atomic mass is 35.5. The Balaban J connectivity index is 2.89. The SMILES string of the molecule is O=C1CCC(=O)c2c(Cl)c(Cl)c(Cl)c(Cl)c21. The van der Waals surface area contributed by atoms with Crippen LogP contribution in [0.2, 0.25) is 20.1 Å². The van der Waals surface area contributed by atoms with Gasteiger partial charge in [0, 0.05) is 12.8 Å². The normalized spacial score (nSPS) is 15.2. The average molecular weight is 298 g/mol. The van der Waals surface area contributed by atoms with Gasteiger partial charge in [-0.3, -0.25) is 9.59 Å². The van der Waals surface area contributed by atoms with Crippen LogP contribution in [0.5, 0.6) is 0 Å². The maximum atomic E-state index is 11.7. The van der Waals surface area contributed by atoms with Crippen molar-refractivity contribution >= 4 is 58.0 Å². The van der Waals surface area contributed by atoms with Gasteiger partial charge < -0.3 is 0 Å². The van der Waals surface area contributed by atoms with Gasteiger partial charge in [-0.1, -0.05) is 46.4 Å². The van der Waals surface area contributed by atoms with E-state index in [2.05, 4.69) is 0 Å². The quantitative estimate of drug-likeness (QED) is 0.523. The van der Waals surface area contributed by atoms with E-state index in [1.54, 1.807) is 0 Å². The fraction of sp³-hybridized carbons (Fsp3) is 0.200. The molecule has 0 aliphatic heterocycles. The van der Waals surface area contributed by atoms with E-state index in [-0.39, 0.29) is 55.6 Å². The third-order valence-corrected chi connectivity index (χ3v) is 4.21. The van der Waals surface area contributed by atoms with Gasteiger partial charge >= 0.3 is 0 Å². The minimum Gasteiger partial charge on any atom is -0.294 e. The molecule has 1 aromatic rings. The number of ketones is 2. The van der Waals surface area contributed by atoms with E-state index in [4.69, 9.17) is 46.4 Å². The number of carbonyl (C=O) groups excluding carboxylic acids is 2. The van der Waals surface area contributed by atoms with Crippen LogP contribution in [0.3, 0.4) is 0 Å². The van der Waals surface area contributed by atoms with E-state index in [0.717, 1.165) is 0 Å². The van der Waals surface area contributed by atoms with Crippen LogP contribution < -0.4 is 0 Å². The standard InChI is InChI=1S/C10H4Cl4O2/c11-7-5-3(15)1-2-4(16)6(5)8(12)10(14)9(7)13/h1-2H2. The number of carbonyl (C=O) groups is 2. The Labute approximate surface area is 111 Å². The molecule has 0 spiro atoms. The summed E-state index contributed by atoms with van der Waals surface area (Å²) < 4.78 is 0. The van der Waals surface area contributed by atoms with Crippen LogP contribution in [0.15, 0.2) is 0 Å². The second-order valence-corrected chi connectivity index (χ2v) is 4.86. The molecule has 0 aromatic heterocycles. The largest absolute Gasteiger partial charge is 0.294 e. The Bertz CT molecular complexity index is 475. The molecule has 1 aliphatic rings. The van der Waals surface area contributed by atoms with E-state index in [9.17, 15) is 9.59 Å². The maximum absolute atomic E-state index is 11.7. The molecule has 0 saturated heterocycles. The van der Waals surface area contributed by atoms with Gasteiger partial charge in [0.05, 0.1) is 31.2 Å². The van der Waals surface area contributed by atoms with Gasteiger partial charge in [0.2, 0.25) is 0 Å². The molecule has 0 atom stereocenters. The molecular weight excluding hydrogens is 294 g/mol. The van der Waals surface area contributed by atoms with Crippen molar-refractivity contribution < 1.29 is 9.59 Å². The first-order valence-electron chi connectivity index (χ1n) is 4.37. The lowest BCUT2D eigenvalue weighted by Crippen LogP contribution is -2.18. The fourth-order valence-corrected chi connectivity index (χ4v) is 2.70. The number of benzene rings is 1. The number of halogens is 4. The number of hydrogen-bond acceptors (Lipinski definition) is 2. The van der Waals surface area contributed by atoms with Crippen LogP contribution >= 0.6 is 46.4 Å². The zero-order chi connectivity index (χ0) is 12.0. The van der Waals surface area contributed by atoms with Gasteiger partial charge in [-0.25, -0.2) is 0 Å². The minimum atomic E-state index is -0.236. The highest BCUT2D eigenvalue weighted by Crippen LogP contribution is 2.43. The first kappa shape index (κ1) is 12.2. The van der Waals surface area contributed by atoms with E-state index >= 15 is 0 Å². The molecule has 0 fully saturated rings. The van der Waals surface area contributed by atoms with Crippen molar-refractivity contribution in [3.05, 3.63) is 31.2 Å². The molecule has 0 radical (unpaired) electrons. The minimum absolute atomic E-state index is 0.00381. The number of fused-ring (bicyclic) bond motifs is 1. The Morgan fingerprint density at radius 2 is 0.938 bits per heavy atom. The van der Waals surface area contributed by atoms with Gasteiger partial charge in [-0.15, -0.1) is 0 Å². The lowest BCUT2D eigenvalue weighted by atomic mass is 9.89. The predicted octanol–water partition coefficient (Wildman–Crippen LogP) is 4.46. The topological polar surface area (TPSA) is 34.1 Å². The summed E-state index contributed by atoms with van der Waals surface area (Å²) in [6.45, 7) is 0. The molecule has 0 heterocycles. The average Bonchev–Trinajstić information content (AvgIpc) is 2.26. The molecule has 0 unspecified atom stereocenters. The van der Waals surface area contributed by atoms with Crippen molar-refractivity contribution in [2.75, 3.05) is 0 Å². The van der Waals surface area contributed by atoms with Crippen molar-refractivity contribution in [1.82, 2.24) is 0 Å². The Morgan fingerprint density at radius 3 is 1.25 bits per heavy atom. The van der Waals surface area contributed by atoms with Crippen molar-refractivity contribution in [2.24, 2.45) is 0 Å². The molecule has 2 nitrogen and oxygen atoms in total. The second-order valence-electron chi connectivity index (χ2n) is 3.35. The maximum Gasteiger partial charge on any atom is 0.165 e. The molecule has 0 amide bonds. The summed E-state index contributed by atoms with van der Waals surface area (Å²) in [4.78, 5) is 23.3. The van der Waals surface area contributed by atoms with E-state index in [1.165, 1.54) is 0 Å². The smallest absolute Gasteiger partial charge is 0.165 e. The summed E-state index contributed by atoms with van der Waals surface area (Å²) in [6, 6.07) is 0. The number of hydrogen-bond donors (Lipinski definition) is 0. The Morgan fingerprint density at radius 1 is 0.625 bits per heavy atom. The Hall–Kier alpha value is -0.280. The molecule has 0 N–H and O–H groups in total. The number of Topliss-reactive ketones (excluding diaryl/α,β-unsaturated/α-hetero) is 2. The second kappa shape index (κ2) is 4.19. The van der Waals surface area contributed by atoms with Crippen molar-refractivity contribution in [3.8, 4) is 0 Å². The molecular formula is C10H4Cl4O2. The zero-order valence-corrected chi connectivity index (χ0v) is 10.8. The van der Waals surface area contributed by atoms with Crippen molar-refractivity contribution in [2.45, 2.75) is 12.8 Å². The van der Waals surface area contributed by atoms with Crippen LogP contribution in [-0.4, -0.2) is 11.6 Å². The van der Waals surface area contributed by atoms with Gasteiger partial charge in [0.1, 0.15) is 0 Å². The summed E-state index contributed by atoms with van der Waals surface area (Å²) in [6.07, 6.45) is 0.250. The van der Waals surface area contributed by atoms with Gasteiger partial charge in [0.15, 0.2) is 11.6 Å². The van der Waals surface area contributed by atoms with Crippen LogP contribution in [0.1, 0.15) is 33.6 Å². The molecule has 0 saturated carbocycles. The van der Waals surface area contributed by atoms with Crippen molar-refractivity contribution in [1.29, 1.82) is 0 Å². The third kappa shape index (κ3) is 1.65. The molecule has 0 bridgehead atoms. The molecule has 1 aromatic carbocycles. The fourth-order valence-electron chi connectivity index (χ4n) is 1.63. The van der Waals surface area contributed by atoms with E-state index in [1.807, 2.05) is 0 Å². The first-order chi connectivity index (χ1) is 7.45. The highest BCUT2D eigenvalue weighted by molar-refractivity contribution is 6.54. The molecule has 84 valence electrons. The van der Waals surface area contributed by atoms with Crippen LogP contribution in [-0.2, 0) is 0 Å². The summed E-state index contributed by atoms with van der Waals surface area (Å²) in [7, 11) is 0. The summed E-state index contributed by atoms with van der Waals surface area (Å²) in [5.41, 5.74) is 0.189. The molecule has 16 heavy (non-hydrogen) atoms. The highest BCUT2D eigenvalue weighted by Gasteiger charge is 2.31. The van der Waals surface area contributed by atoms with Crippen LogP contribution in [0.4, 0.5) is 0 Å². The monoisotopic (exact) mass is 296 g/mol. The number of rotatable bonds is 0. The van der Waals surface area contributed by atoms with E-state index in [0.29, 0.717) is 0 Å². The lowest BCUT2D eigenvalue weighted by molar-refractivity contribution is 0.0890. The molecule has 6 heteroatoms. The predicted molar refractivity (Wildman–Crippen MR) is 64.4 cm³/mol. The van der Waals surface area contributed by atoms with Gasteiger partial charge in [0.25, 0.3) is 0 Å². The van der Waals surface area contributed by atoms with Gasteiger partial charge in [-0.2, -0.15) is 0 Å². The van der Waals surface area contributed by atoms with Crippen LogP contribution in [0.25, 0.3) is 0 Å².